The predicted molar refractivity (Wildman–Crippen MR) is 237 cm³/mol. The average Bonchev–Trinajstić information content (AvgIpc) is 3.97. The molecular formula is C51H31N3O2S. The summed E-state index contributed by atoms with van der Waals surface area (Å²) in [7, 11) is 0. The van der Waals surface area contributed by atoms with Crippen LogP contribution in [0.1, 0.15) is 22.9 Å². The van der Waals surface area contributed by atoms with Gasteiger partial charge in [0, 0.05) is 52.8 Å². The van der Waals surface area contributed by atoms with E-state index < -0.39 is 6.17 Å². The van der Waals surface area contributed by atoms with E-state index in [4.69, 9.17) is 18.8 Å². The molecular weight excluding hydrogens is 719 g/mol. The van der Waals surface area contributed by atoms with E-state index in [0.717, 1.165) is 83.1 Å². The number of rotatable bonds is 5. The Bertz CT molecular complexity index is 3440. The highest BCUT2D eigenvalue weighted by molar-refractivity contribution is 7.25. The molecule has 1 aliphatic rings. The van der Waals surface area contributed by atoms with Crippen molar-refractivity contribution in [3.8, 4) is 22.3 Å². The number of nitrogens with zero attached hydrogens (tertiary/aromatic N) is 2. The number of amidine groups is 2. The van der Waals surface area contributed by atoms with E-state index in [9.17, 15) is 0 Å². The Kier molecular flexibility index (Phi) is 7.09. The van der Waals surface area contributed by atoms with Crippen molar-refractivity contribution in [2.24, 2.45) is 9.98 Å². The molecule has 11 aromatic rings. The third-order valence-corrected chi connectivity index (χ3v) is 12.3. The summed E-state index contributed by atoms with van der Waals surface area (Å²) in [6.45, 7) is 0. The summed E-state index contributed by atoms with van der Waals surface area (Å²) in [5.74, 6) is 1.40. The third-order valence-electron chi connectivity index (χ3n) is 11.2. The van der Waals surface area contributed by atoms with Gasteiger partial charge in [-0.05, 0) is 76.3 Å². The van der Waals surface area contributed by atoms with Crippen LogP contribution in [0.5, 0.6) is 0 Å². The second-order valence-corrected chi connectivity index (χ2v) is 15.6. The zero-order valence-electron chi connectivity index (χ0n) is 30.4. The van der Waals surface area contributed by atoms with Gasteiger partial charge < -0.3 is 14.2 Å². The van der Waals surface area contributed by atoms with E-state index in [1.54, 1.807) is 0 Å². The normalized spacial score (nSPS) is 14.5. The Hall–Kier alpha value is -7.28. The van der Waals surface area contributed by atoms with Crippen LogP contribution in [0.25, 0.3) is 86.3 Å². The maximum Gasteiger partial charge on any atom is 0.160 e. The van der Waals surface area contributed by atoms with Crippen LogP contribution in [-0.2, 0) is 0 Å². The Morgan fingerprint density at radius 3 is 2.00 bits per heavy atom. The fourth-order valence-corrected chi connectivity index (χ4v) is 9.49. The first kappa shape index (κ1) is 32.0. The van der Waals surface area contributed by atoms with Crippen molar-refractivity contribution in [2.75, 3.05) is 0 Å². The highest BCUT2D eigenvalue weighted by Crippen LogP contribution is 2.39. The molecule has 1 aliphatic heterocycles. The van der Waals surface area contributed by atoms with Gasteiger partial charge in [-0.2, -0.15) is 0 Å². The standard InChI is InChI=1S/C51H31N3O2S/c1-2-9-30(10-3-1)31-17-19-32(20-18-31)49-52-50(35-23-26-43-41(27-35)36-11-4-6-14-42(36)55-43)54-51(53-49)40-13-8-15-44-48(40)39-25-22-33(28-45(39)56-44)34-21-24-38-37-12-5-7-16-46(37)57-47(38)29-34/h1-29,50H,(H,52,53,54). The summed E-state index contributed by atoms with van der Waals surface area (Å²) in [6.07, 6.45) is -0.400. The van der Waals surface area contributed by atoms with Gasteiger partial charge in [0.25, 0.3) is 0 Å². The SMILES string of the molecule is c1ccc(-c2ccc(C3=NC(c4cccc5oc6cc(-c7ccc8c(c7)sc7ccccc78)ccc6c45)=NC(c4ccc5oc6ccccc6c5c4)N3)cc2)cc1. The molecule has 0 amide bonds. The van der Waals surface area contributed by atoms with E-state index in [2.05, 4.69) is 139 Å². The Morgan fingerprint density at radius 1 is 0.439 bits per heavy atom. The molecule has 3 aromatic heterocycles. The van der Waals surface area contributed by atoms with Crippen molar-refractivity contribution in [1.82, 2.24) is 5.32 Å². The lowest BCUT2D eigenvalue weighted by atomic mass is 10.00. The number of para-hydroxylation sites is 1. The third kappa shape index (κ3) is 5.29. The second kappa shape index (κ2) is 12.6. The van der Waals surface area contributed by atoms with Crippen LogP contribution in [0.3, 0.4) is 0 Å². The number of nitrogens with one attached hydrogen (secondary N) is 1. The van der Waals surface area contributed by atoms with Crippen molar-refractivity contribution < 1.29 is 8.83 Å². The molecule has 5 nitrogen and oxygen atoms in total. The van der Waals surface area contributed by atoms with Crippen molar-refractivity contribution in [3.63, 3.8) is 0 Å². The van der Waals surface area contributed by atoms with Gasteiger partial charge in [-0.15, -0.1) is 11.3 Å². The maximum absolute atomic E-state index is 6.61. The lowest BCUT2D eigenvalue weighted by molar-refractivity contribution is 0.663. The van der Waals surface area contributed by atoms with E-state index in [0.29, 0.717) is 5.84 Å². The van der Waals surface area contributed by atoms with Gasteiger partial charge in [-0.25, -0.2) is 9.98 Å². The molecule has 4 heterocycles. The molecule has 57 heavy (non-hydrogen) atoms. The van der Waals surface area contributed by atoms with E-state index in [1.807, 2.05) is 53.8 Å². The fraction of sp³-hybridized carbons (Fsp3) is 0.0196. The number of hydrogen-bond donors (Lipinski definition) is 1. The van der Waals surface area contributed by atoms with Gasteiger partial charge >= 0.3 is 0 Å². The largest absolute Gasteiger partial charge is 0.456 e. The van der Waals surface area contributed by atoms with Gasteiger partial charge in [-0.3, -0.25) is 0 Å². The molecule has 268 valence electrons. The van der Waals surface area contributed by atoms with Gasteiger partial charge in [0.15, 0.2) is 5.84 Å². The molecule has 1 atom stereocenters. The number of fused-ring (bicyclic) bond motifs is 9. The van der Waals surface area contributed by atoms with Crippen molar-refractivity contribution in [1.29, 1.82) is 0 Å². The van der Waals surface area contributed by atoms with Crippen LogP contribution in [0.2, 0.25) is 0 Å². The molecule has 0 bridgehead atoms. The Morgan fingerprint density at radius 2 is 1.11 bits per heavy atom. The van der Waals surface area contributed by atoms with Crippen molar-refractivity contribution in [2.45, 2.75) is 6.17 Å². The summed E-state index contributed by atoms with van der Waals surface area (Å²) < 4.78 is 15.4. The lowest BCUT2D eigenvalue weighted by Gasteiger charge is -2.24. The van der Waals surface area contributed by atoms with Crippen LogP contribution < -0.4 is 5.32 Å². The molecule has 8 aromatic carbocycles. The highest BCUT2D eigenvalue weighted by Gasteiger charge is 2.25. The van der Waals surface area contributed by atoms with E-state index in [-0.39, 0.29) is 0 Å². The quantitative estimate of drug-likeness (QED) is 0.191. The van der Waals surface area contributed by atoms with E-state index >= 15 is 0 Å². The van der Waals surface area contributed by atoms with Crippen LogP contribution in [0, 0.1) is 0 Å². The molecule has 6 heteroatoms. The summed E-state index contributed by atoms with van der Waals surface area (Å²) in [5, 5.41) is 10.4. The first-order chi connectivity index (χ1) is 28.2. The minimum atomic E-state index is -0.400. The molecule has 0 radical (unpaired) electrons. The number of benzene rings is 8. The minimum Gasteiger partial charge on any atom is -0.456 e. The van der Waals surface area contributed by atoms with Gasteiger partial charge in [0.2, 0.25) is 0 Å². The zero-order chi connectivity index (χ0) is 37.5. The van der Waals surface area contributed by atoms with Gasteiger partial charge in [-0.1, -0.05) is 127 Å². The molecule has 0 aliphatic carbocycles. The molecule has 1 N–H and O–H groups in total. The summed E-state index contributed by atoms with van der Waals surface area (Å²) >= 11 is 1.83. The highest BCUT2D eigenvalue weighted by atomic mass is 32.1. The number of aliphatic imine (C=N–C) groups is 2. The molecule has 0 spiro atoms. The number of furan rings is 2. The topological polar surface area (TPSA) is 63.0 Å². The van der Waals surface area contributed by atoms with Crippen LogP contribution in [0.15, 0.2) is 195 Å². The lowest BCUT2D eigenvalue weighted by Crippen LogP contribution is -2.33. The molecule has 0 saturated carbocycles. The first-order valence-electron chi connectivity index (χ1n) is 19.1. The van der Waals surface area contributed by atoms with Crippen molar-refractivity contribution >= 4 is 87.1 Å². The Labute approximate surface area is 330 Å². The van der Waals surface area contributed by atoms with Gasteiger partial charge in [0.1, 0.15) is 34.3 Å². The zero-order valence-corrected chi connectivity index (χ0v) is 31.3. The van der Waals surface area contributed by atoms with Crippen LogP contribution >= 0.6 is 11.3 Å². The summed E-state index contributed by atoms with van der Waals surface area (Å²) in [4.78, 5) is 10.6. The Balaban J connectivity index is 0.984. The van der Waals surface area contributed by atoms with E-state index in [1.165, 1.54) is 25.7 Å². The molecule has 0 saturated heterocycles. The van der Waals surface area contributed by atoms with Crippen LogP contribution in [0.4, 0.5) is 0 Å². The molecule has 0 fully saturated rings. The predicted octanol–water partition coefficient (Wildman–Crippen LogP) is 13.7. The van der Waals surface area contributed by atoms with Crippen LogP contribution in [-0.4, -0.2) is 11.7 Å². The second-order valence-electron chi connectivity index (χ2n) is 14.6. The summed E-state index contributed by atoms with van der Waals surface area (Å²) in [5.41, 5.74) is 10.9. The average molecular weight is 750 g/mol. The first-order valence-corrected chi connectivity index (χ1v) is 19.9. The minimum absolute atomic E-state index is 0.400. The molecule has 12 rings (SSSR count). The smallest absolute Gasteiger partial charge is 0.160 e. The molecule has 1 unspecified atom stereocenters. The number of thiophene rings is 1. The van der Waals surface area contributed by atoms with Crippen molar-refractivity contribution in [3.05, 3.63) is 193 Å². The number of hydrogen-bond acceptors (Lipinski definition) is 6. The fourth-order valence-electron chi connectivity index (χ4n) is 8.35. The summed E-state index contributed by atoms with van der Waals surface area (Å²) in [6, 6.07) is 61.6. The van der Waals surface area contributed by atoms with Gasteiger partial charge in [0.05, 0.1) is 0 Å². The monoisotopic (exact) mass is 749 g/mol. The maximum atomic E-state index is 6.61.